The quantitative estimate of drug-likeness (QED) is 0.916. The summed E-state index contributed by atoms with van der Waals surface area (Å²) in [6.45, 7) is 2.62. The number of hydrogen-bond acceptors (Lipinski definition) is 3. The predicted molar refractivity (Wildman–Crippen MR) is 76.2 cm³/mol. The van der Waals surface area contributed by atoms with Crippen molar-refractivity contribution in [2.75, 3.05) is 12.3 Å². The molecule has 1 fully saturated rings. The molecule has 1 aromatic carbocycles. The molecule has 3 rings (SSSR count). The summed E-state index contributed by atoms with van der Waals surface area (Å²) in [4.78, 5) is 4.74. The van der Waals surface area contributed by atoms with Gasteiger partial charge in [0, 0.05) is 18.5 Å². The second-order valence-electron chi connectivity index (χ2n) is 4.97. The number of aromatic nitrogens is 2. The van der Waals surface area contributed by atoms with Gasteiger partial charge in [-0.25, -0.2) is 4.98 Å². The molecule has 1 aromatic heterocycles. The van der Waals surface area contributed by atoms with Crippen LogP contribution < -0.4 is 10.5 Å². The van der Waals surface area contributed by atoms with E-state index in [9.17, 15) is 0 Å². The van der Waals surface area contributed by atoms with E-state index in [1.54, 1.807) is 0 Å². The molecule has 1 saturated carbocycles. The third-order valence-corrected chi connectivity index (χ3v) is 3.56. The second kappa shape index (κ2) is 4.61. The van der Waals surface area contributed by atoms with Crippen LogP contribution in [0.4, 0.5) is 5.82 Å². The van der Waals surface area contributed by atoms with Gasteiger partial charge in [-0.2, -0.15) is 0 Å². The average molecular weight is 257 g/mol. The van der Waals surface area contributed by atoms with Gasteiger partial charge in [-0.1, -0.05) is 12.1 Å². The van der Waals surface area contributed by atoms with Crippen molar-refractivity contribution in [1.29, 1.82) is 0 Å². The first-order valence-electron chi connectivity index (χ1n) is 6.76. The van der Waals surface area contributed by atoms with Gasteiger partial charge in [-0.15, -0.1) is 0 Å². The lowest BCUT2D eigenvalue weighted by atomic mass is 10.1. The number of benzene rings is 1. The molecule has 0 aliphatic heterocycles. The Balaban J connectivity index is 2.09. The van der Waals surface area contributed by atoms with Gasteiger partial charge in [0.1, 0.15) is 23.1 Å². The lowest BCUT2D eigenvalue weighted by Crippen LogP contribution is -2.00. The first-order valence-corrected chi connectivity index (χ1v) is 6.76. The minimum Gasteiger partial charge on any atom is -0.493 e. The molecule has 4 heteroatoms. The first-order chi connectivity index (χ1) is 9.22. The van der Waals surface area contributed by atoms with Crippen molar-refractivity contribution in [2.24, 2.45) is 7.05 Å². The molecule has 19 heavy (non-hydrogen) atoms. The molecule has 0 bridgehead atoms. The number of anilines is 1. The monoisotopic (exact) mass is 257 g/mol. The van der Waals surface area contributed by atoms with Crippen molar-refractivity contribution in [3.8, 4) is 17.0 Å². The number of nitrogen functional groups attached to an aromatic ring is 1. The number of para-hydroxylation sites is 1. The topological polar surface area (TPSA) is 53.1 Å². The lowest BCUT2D eigenvalue weighted by Gasteiger charge is -2.08. The summed E-state index contributed by atoms with van der Waals surface area (Å²) in [7, 11) is 1.99. The summed E-state index contributed by atoms with van der Waals surface area (Å²) in [5.74, 6) is 3.24. The highest BCUT2D eigenvalue weighted by Gasteiger charge is 2.30. The number of imidazole rings is 1. The summed E-state index contributed by atoms with van der Waals surface area (Å²) in [6.07, 6.45) is 2.44. The highest BCUT2D eigenvalue weighted by atomic mass is 16.5. The summed E-state index contributed by atoms with van der Waals surface area (Å²) < 4.78 is 7.68. The van der Waals surface area contributed by atoms with Crippen molar-refractivity contribution < 1.29 is 4.74 Å². The molecular formula is C15H19N3O. The van der Waals surface area contributed by atoms with Crippen molar-refractivity contribution in [1.82, 2.24) is 9.55 Å². The van der Waals surface area contributed by atoms with Crippen molar-refractivity contribution in [3.63, 3.8) is 0 Å². The molecule has 1 heterocycles. The number of ether oxygens (including phenoxy) is 1. The number of hydrogen-bond donors (Lipinski definition) is 1. The van der Waals surface area contributed by atoms with Gasteiger partial charge in [0.15, 0.2) is 0 Å². The van der Waals surface area contributed by atoms with Crippen LogP contribution >= 0.6 is 0 Å². The molecule has 1 aliphatic carbocycles. The first kappa shape index (κ1) is 12.1. The van der Waals surface area contributed by atoms with E-state index in [0.29, 0.717) is 18.3 Å². The van der Waals surface area contributed by atoms with Gasteiger partial charge in [0.2, 0.25) is 0 Å². The maximum atomic E-state index is 6.21. The molecule has 2 N–H and O–H groups in total. The van der Waals surface area contributed by atoms with Crippen molar-refractivity contribution in [2.45, 2.75) is 25.7 Å². The smallest absolute Gasteiger partial charge is 0.131 e. The Kier molecular flexibility index (Phi) is 2.93. The van der Waals surface area contributed by atoms with Crippen LogP contribution in [0, 0.1) is 0 Å². The van der Waals surface area contributed by atoms with Crippen LogP contribution in [0.25, 0.3) is 11.3 Å². The Bertz CT molecular complexity index is 599. The van der Waals surface area contributed by atoms with Gasteiger partial charge in [0.25, 0.3) is 0 Å². The van der Waals surface area contributed by atoms with E-state index >= 15 is 0 Å². The molecule has 2 aromatic rings. The van der Waals surface area contributed by atoms with E-state index in [4.69, 9.17) is 15.5 Å². The van der Waals surface area contributed by atoms with E-state index < -0.39 is 0 Å². The fourth-order valence-electron chi connectivity index (χ4n) is 2.38. The second-order valence-corrected chi connectivity index (χ2v) is 4.97. The molecule has 0 radical (unpaired) electrons. The highest BCUT2D eigenvalue weighted by molar-refractivity contribution is 5.76. The van der Waals surface area contributed by atoms with Crippen molar-refractivity contribution in [3.05, 3.63) is 30.1 Å². The summed E-state index contributed by atoms with van der Waals surface area (Å²) in [6, 6.07) is 7.93. The summed E-state index contributed by atoms with van der Waals surface area (Å²) in [5.41, 5.74) is 8.03. The largest absolute Gasteiger partial charge is 0.493 e. The Morgan fingerprint density at radius 3 is 2.79 bits per heavy atom. The van der Waals surface area contributed by atoms with Gasteiger partial charge >= 0.3 is 0 Å². The molecule has 0 saturated heterocycles. The zero-order chi connectivity index (χ0) is 13.4. The zero-order valence-corrected chi connectivity index (χ0v) is 11.4. The minimum absolute atomic E-state index is 0.584. The Morgan fingerprint density at radius 1 is 1.37 bits per heavy atom. The summed E-state index contributed by atoms with van der Waals surface area (Å²) >= 11 is 0. The Morgan fingerprint density at radius 2 is 2.11 bits per heavy atom. The van der Waals surface area contributed by atoms with Crippen LogP contribution in [-0.2, 0) is 7.05 Å². The van der Waals surface area contributed by atoms with E-state index in [2.05, 4.69) is 0 Å². The maximum absolute atomic E-state index is 6.21. The van der Waals surface area contributed by atoms with Crippen LogP contribution in [0.5, 0.6) is 5.75 Å². The molecule has 0 spiro atoms. The Labute approximate surface area is 113 Å². The van der Waals surface area contributed by atoms with E-state index in [-0.39, 0.29) is 0 Å². The molecule has 0 amide bonds. The number of nitrogens with two attached hydrogens (primary N) is 1. The van der Waals surface area contributed by atoms with E-state index in [1.807, 2.05) is 42.8 Å². The standard InChI is InChI=1S/C15H19N3O/c1-3-19-12-7-5-4-6-11(12)13-14(16)18(2)15(17-13)10-8-9-10/h4-7,10H,3,8-9,16H2,1-2H3. The van der Waals surface area contributed by atoms with Gasteiger partial charge < -0.3 is 15.0 Å². The van der Waals surface area contributed by atoms with E-state index in [1.165, 1.54) is 12.8 Å². The lowest BCUT2D eigenvalue weighted by molar-refractivity contribution is 0.341. The molecule has 0 atom stereocenters. The van der Waals surface area contributed by atoms with Crippen LogP contribution in [0.1, 0.15) is 31.5 Å². The SMILES string of the molecule is CCOc1ccccc1-c1nc(C2CC2)n(C)c1N. The molecule has 1 aliphatic rings. The fraction of sp³-hybridized carbons (Fsp3) is 0.400. The van der Waals surface area contributed by atoms with Gasteiger partial charge in [-0.3, -0.25) is 0 Å². The van der Waals surface area contributed by atoms with Gasteiger partial charge in [0.05, 0.1) is 6.61 Å². The maximum Gasteiger partial charge on any atom is 0.131 e. The minimum atomic E-state index is 0.584. The van der Waals surface area contributed by atoms with Gasteiger partial charge in [-0.05, 0) is 31.9 Å². The zero-order valence-electron chi connectivity index (χ0n) is 11.4. The van der Waals surface area contributed by atoms with Crippen LogP contribution in [0.3, 0.4) is 0 Å². The normalized spacial score (nSPS) is 14.6. The third-order valence-electron chi connectivity index (χ3n) is 3.56. The molecule has 4 nitrogen and oxygen atoms in total. The predicted octanol–water partition coefficient (Wildman–Crippen LogP) is 2.95. The van der Waals surface area contributed by atoms with Crippen LogP contribution in [0.15, 0.2) is 24.3 Å². The summed E-state index contributed by atoms with van der Waals surface area (Å²) in [5, 5.41) is 0. The van der Waals surface area contributed by atoms with E-state index in [0.717, 1.165) is 22.8 Å². The molecular weight excluding hydrogens is 238 g/mol. The highest BCUT2D eigenvalue weighted by Crippen LogP contribution is 2.42. The Hall–Kier alpha value is -1.97. The fourth-order valence-corrected chi connectivity index (χ4v) is 2.38. The van der Waals surface area contributed by atoms with Crippen LogP contribution in [0.2, 0.25) is 0 Å². The molecule has 0 unspecified atom stereocenters. The number of nitrogens with zero attached hydrogens (tertiary/aromatic N) is 2. The molecule has 100 valence electrons. The third kappa shape index (κ3) is 2.07. The average Bonchev–Trinajstić information content (AvgIpc) is 3.21. The number of rotatable bonds is 4. The van der Waals surface area contributed by atoms with Crippen molar-refractivity contribution >= 4 is 5.82 Å². The van der Waals surface area contributed by atoms with Crippen LogP contribution in [-0.4, -0.2) is 16.2 Å².